The molecule has 2 aromatic carbocycles. The first-order chi connectivity index (χ1) is 18.6. The molecule has 39 heavy (non-hydrogen) atoms. The lowest BCUT2D eigenvalue weighted by atomic mass is 9.85. The minimum atomic E-state index is -1.47. The molecule has 1 amide bonds. The van der Waals surface area contributed by atoms with E-state index in [0.717, 1.165) is 11.1 Å². The van der Waals surface area contributed by atoms with Crippen LogP contribution in [0.4, 0.5) is 4.79 Å². The predicted octanol–water partition coefficient (Wildman–Crippen LogP) is 6.32. The number of nitrogens with zero attached hydrogens (tertiary/aromatic N) is 2. The summed E-state index contributed by atoms with van der Waals surface area (Å²) in [5, 5.41) is 12.5. The van der Waals surface area contributed by atoms with E-state index in [1.165, 1.54) is 11.3 Å². The van der Waals surface area contributed by atoms with E-state index in [1.807, 2.05) is 48.7 Å². The molecule has 1 aromatic heterocycles. The highest BCUT2D eigenvalue weighted by Crippen LogP contribution is 2.50. The van der Waals surface area contributed by atoms with Crippen LogP contribution in [-0.4, -0.2) is 53.1 Å². The van der Waals surface area contributed by atoms with E-state index in [0.29, 0.717) is 29.5 Å². The molecular formula is C30H36N2O6S. The fourth-order valence-corrected chi connectivity index (χ4v) is 6.27. The van der Waals surface area contributed by atoms with E-state index < -0.39 is 17.9 Å². The third-order valence-corrected chi connectivity index (χ3v) is 7.91. The number of ether oxygens (including phenoxy) is 3. The lowest BCUT2D eigenvalue weighted by Crippen LogP contribution is -2.52. The number of thiazole rings is 1. The maximum Gasteiger partial charge on any atom is 0.507 e. The van der Waals surface area contributed by atoms with Gasteiger partial charge in [-0.05, 0) is 35.6 Å². The monoisotopic (exact) mass is 552 g/mol. The zero-order valence-corrected chi connectivity index (χ0v) is 23.9. The zero-order chi connectivity index (χ0) is 28.2. The highest BCUT2D eigenvalue weighted by atomic mass is 32.1. The molecule has 1 N–H and O–H groups in total. The number of likely N-dealkylation sites (tertiary alicyclic amines) is 1. The lowest BCUT2D eigenvalue weighted by molar-refractivity contribution is -0.0969. The number of rotatable bonds is 9. The number of amides is 1. The number of carbonyl (C=O) groups is 2. The van der Waals surface area contributed by atoms with Gasteiger partial charge < -0.3 is 19.3 Å². The Morgan fingerprint density at radius 1 is 1.18 bits per heavy atom. The highest BCUT2D eigenvalue weighted by molar-refractivity contribution is 7.09. The van der Waals surface area contributed by atoms with Crippen molar-refractivity contribution in [2.45, 2.75) is 57.7 Å². The van der Waals surface area contributed by atoms with Gasteiger partial charge in [0.25, 0.3) is 5.91 Å². The van der Waals surface area contributed by atoms with Crippen molar-refractivity contribution in [3.8, 4) is 5.75 Å². The van der Waals surface area contributed by atoms with Crippen molar-refractivity contribution in [2.24, 2.45) is 5.92 Å². The van der Waals surface area contributed by atoms with E-state index in [2.05, 4.69) is 25.8 Å². The summed E-state index contributed by atoms with van der Waals surface area (Å²) in [4.78, 5) is 32.9. The molecule has 208 valence electrons. The van der Waals surface area contributed by atoms with Gasteiger partial charge in [-0.3, -0.25) is 9.69 Å². The lowest BCUT2D eigenvalue weighted by Gasteiger charge is -2.39. The number of hydrogen-bond donors (Lipinski definition) is 1. The van der Waals surface area contributed by atoms with Gasteiger partial charge in [0, 0.05) is 42.5 Å². The summed E-state index contributed by atoms with van der Waals surface area (Å²) in [6.07, 6.45) is 0.700. The second kappa shape index (κ2) is 11.8. The summed E-state index contributed by atoms with van der Waals surface area (Å²) < 4.78 is 17.3. The third-order valence-electron chi connectivity index (χ3n) is 7.06. The molecule has 9 heteroatoms. The third kappa shape index (κ3) is 6.09. The number of hydrogen-bond acceptors (Lipinski definition) is 7. The second-order valence-electron chi connectivity index (χ2n) is 10.8. The summed E-state index contributed by atoms with van der Waals surface area (Å²) in [5.41, 5.74) is 0.525. The Kier molecular flexibility index (Phi) is 8.61. The molecule has 0 aliphatic carbocycles. The van der Waals surface area contributed by atoms with Gasteiger partial charge in [-0.2, -0.15) is 0 Å². The van der Waals surface area contributed by atoms with E-state index >= 15 is 0 Å². The number of carboxylic acid groups (broad SMARTS) is 1. The standard InChI is InChI=1S/C30H36N2O6S/c1-6-37-19-22-18-30(38-28(34)35,17-20-10-8-7-9-11-20)32(25(22)26-31-14-15-39-26)27(33)21-12-13-23(29(2,3)4)24(16-21)36-5/h7-16,22,25H,6,17-19H2,1-5H3,(H,34,35)/t22-,25+,30-/m0/s1. The van der Waals surface area contributed by atoms with Crippen LogP contribution in [0.3, 0.4) is 0 Å². The van der Waals surface area contributed by atoms with Crippen molar-refractivity contribution in [3.05, 3.63) is 81.8 Å². The van der Waals surface area contributed by atoms with Gasteiger partial charge in [0.15, 0.2) is 5.72 Å². The molecule has 8 nitrogen and oxygen atoms in total. The van der Waals surface area contributed by atoms with E-state index in [-0.39, 0.29) is 30.1 Å². The molecule has 0 unspecified atom stereocenters. The summed E-state index contributed by atoms with van der Waals surface area (Å²) in [6, 6.07) is 14.3. The molecule has 1 fully saturated rings. The van der Waals surface area contributed by atoms with Gasteiger partial charge in [-0.15, -0.1) is 11.3 Å². The molecule has 1 aliphatic rings. The first kappa shape index (κ1) is 28.6. The SMILES string of the molecule is CCOC[C@@H]1C[C@](Cc2ccccc2)(OC(=O)O)N(C(=O)c2ccc(C(C)(C)C)c(OC)c2)[C@H]1c1nccs1. The molecule has 0 saturated carbocycles. The van der Waals surface area contributed by atoms with Crippen LogP contribution >= 0.6 is 11.3 Å². The minimum absolute atomic E-state index is 0.188. The Morgan fingerprint density at radius 2 is 1.92 bits per heavy atom. The fraction of sp³-hybridized carbons (Fsp3) is 0.433. The van der Waals surface area contributed by atoms with Crippen molar-refractivity contribution < 1.29 is 28.9 Å². The largest absolute Gasteiger partial charge is 0.507 e. The fourth-order valence-electron chi connectivity index (χ4n) is 5.45. The molecular weight excluding hydrogens is 516 g/mol. The summed E-state index contributed by atoms with van der Waals surface area (Å²) >= 11 is 1.42. The van der Waals surface area contributed by atoms with Crippen LogP contribution in [0, 0.1) is 5.92 Å². The van der Waals surface area contributed by atoms with Gasteiger partial charge >= 0.3 is 6.16 Å². The average Bonchev–Trinajstić information content (AvgIpc) is 3.52. The van der Waals surface area contributed by atoms with Crippen molar-refractivity contribution >= 4 is 23.4 Å². The van der Waals surface area contributed by atoms with Crippen LogP contribution in [0.1, 0.15) is 66.7 Å². The Labute approximate surface area is 233 Å². The number of aromatic nitrogens is 1. The van der Waals surface area contributed by atoms with Gasteiger partial charge in [0.1, 0.15) is 10.8 Å². The van der Waals surface area contributed by atoms with Crippen LogP contribution in [0.25, 0.3) is 0 Å². The Morgan fingerprint density at radius 3 is 2.51 bits per heavy atom. The van der Waals surface area contributed by atoms with Gasteiger partial charge in [0.2, 0.25) is 0 Å². The number of benzene rings is 2. The van der Waals surface area contributed by atoms with E-state index in [1.54, 1.807) is 30.3 Å². The molecule has 1 saturated heterocycles. The first-order valence-corrected chi connectivity index (χ1v) is 13.9. The van der Waals surface area contributed by atoms with Crippen LogP contribution in [0.2, 0.25) is 0 Å². The van der Waals surface area contributed by atoms with Crippen LogP contribution < -0.4 is 4.74 Å². The van der Waals surface area contributed by atoms with Crippen molar-refractivity contribution in [3.63, 3.8) is 0 Å². The average molecular weight is 553 g/mol. The van der Waals surface area contributed by atoms with E-state index in [9.17, 15) is 14.7 Å². The number of carbonyl (C=O) groups excluding carboxylic acids is 1. The van der Waals surface area contributed by atoms with Crippen LogP contribution in [-0.2, 0) is 21.3 Å². The van der Waals surface area contributed by atoms with Gasteiger partial charge in [-0.1, -0.05) is 57.2 Å². The summed E-state index contributed by atoms with van der Waals surface area (Å²) in [5.74, 6) is 0.000944. The molecule has 0 bridgehead atoms. The maximum atomic E-state index is 14.5. The smallest absolute Gasteiger partial charge is 0.496 e. The second-order valence-corrected chi connectivity index (χ2v) is 11.7. The topological polar surface area (TPSA) is 98.2 Å². The minimum Gasteiger partial charge on any atom is -0.496 e. The zero-order valence-electron chi connectivity index (χ0n) is 23.0. The predicted molar refractivity (Wildman–Crippen MR) is 149 cm³/mol. The van der Waals surface area contributed by atoms with Gasteiger partial charge in [-0.25, -0.2) is 9.78 Å². The van der Waals surface area contributed by atoms with Crippen molar-refractivity contribution in [1.29, 1.82) is 0 Å². The molecule has 0 spiro atoms. The van der Waals surface area contributed by atoms with Gasteiger partial charge in [0.05, 0.1) is 19.8 Å². The van der Waals surface area contributed by atoms with E-state index in [4.69, 9.17) is 14.2 Å². The Bertz CT molecular complexity index is 1270. The quantitative estimate of drug-likeness (QED) is 0.310. The highest BCUT2D eigenvalue weighted by Gasteiger charge is 2.58. The Balaban J connectivity index is 1.89. The normalized spacial score (nSPS) is 21.1. The van der Waals surface area contributed by atoms with Crippen LogP contribution in [0.15, 0.2) is 60.1 Å². The molecule has 2 heterocycles. The maximum absolute atomic E-state index is 14.5. The molecule has 4 rings (SSSR count). The number of methoxy groups -OCH3 is 1. The summed E-state index contributed by atoms with van der Waals surface area (Å²) in [6.45, 7) is 8.96. The van der Waals surface area contributed by atoms with Crippen molar-refractivity contribution in [2.75, 3.05) is 20.3 Å². The molecule has 3 atom stereocenters. The van der Waals surface area contributed by atoms with Crippen molar-refractivity contribution in [1.82, 2.24) is 9.88 Å². The summed E-state index contributed by atoms with van der Waals surface area (Å²) in [7, 11) is 1.58. The Hall–Kier alpha value is -3.43. The molecule has 0 radical (unpaired) electrons. The van der Waals surface area contributed by atoms with Crippen LogP contribution in [0.5, 0.6) is 5.75 Å². The first-order valence-electron chi connectivity index (χ1n) is 13.0. The molecule has 3 aromatic rings. The molecule has 1 aliphatic heterocycles.